The van der Waals surface area contributed by atoms with Gasteiger partial charge in [0.25, 0.3) is 0 Å². The van der Waals surface area contributed by atoms with Gasteiger partial charge in [0.2, 0.25) is 5.91 Å². The molecule has 2 N–H and O–H groups in total. The van der Waals surface area contributed by atoms with Crippen LogP contribution in [0.1, 0.15) is 33.3 Å². The molecule has 0 aliphatic heterocycles. The Balaban J connectivity index is 2.16. The Morgan fingerprint density at radius 1 is 1.10 bits per heavy atom. The Kier molecular flexibility index (Phi) is 6.27. The molecular weight excluding hydrogens is 427 g/mol. The zero-order valence-corrected chi connectivity index (χ0v) is 18.9. The van der Waals surface area contributed by atoms with Gasteiger partial charge in [-0.15, -0.1) is 10.2 Å². The molecule has 1 amide bonds. The zero-order chi connectivity index (χ0) is 21.3. The first-order valence-electron chi connectivity index (χ1n) is 9.06. The predicted octanol–water partition coefficient (Wildman–Crippen LogP) is 5.50. The number of halogens is 2. The lowest BCUT2D eigenvalue weighted by Gasteiger charge is -2.19. The minimum Gasteiger partial charge on any atom is -0.369 e. The van der Waals surface area contributed by atoms with Crippen molar-refractivity contribution < 1.29 is 4.79 Å². The summed E-state index contributed by atoms with van der Waals surface area (Å²) in [7, 11) is 0. The average molecular weight is 449 g/mol. The van der Waals surface area contributed by atoms with Crippen LogP contribution in [0, 0.1) is 0 Å². The molecule has 0 radical (unpaired) electrons. The number of aromatic nitrogens is 3. The monoisotopic (exact) mass is 448 g/mol. The highest BCUT2D eigenvalue weighted by Gasteiger charge is 2.23. The number of rotatable bonds is 5. The lowest BCUT2D eigenvalue weighted by atomic mass is 9.87. The number of nitrogens with zero attached hydrogens (tertiary/aromatic N) is 3. The third kappa shape index (κ3) is 4.60. The van der Waals surface area contributed by atoms with E-state index in [9.17, 15) is 4.79 Å². The summed E-state index contributed by atoms with van der Waals surface area (Å²) in [5.41, 5.74) is 8.20. The first-order valence-corrected chi connectivity index (χ1v) is 10.7. The van der Waals surface area contributed by atoms with E-state index in [2.05, 4.69) is 43.1 Å². The number of nitrogens with two attached hydrogens (primary N) is 1. The molecule has 0 spiro atoms. The van der Waals surface area contributed by atoms with E-state index < -0.39 is 11.2 Å². The molecule has 0 aliphatic rings. The van der Waals surface area contributed by atoms with Gasteiger partial charge in [-0.3, -0.25) is 9.36 Å². The Morgan fingerprint density at radius 3 is 2.34 bits per heavy atom. The van der Waals surface area contributed by atoms with Crippen molar-refractivity contribution in [3.8, 4) is 17.1 Å². The summed E-state index contributed by atoms with van der Waals surface area (Å²) in [6.07, 6.45) is 0. The Morgan fingerprint density at radius 2 is 1.76 bits per heavy atom. The number of hydrogen-bond acceptors (Lipinski definition) is 4. The van der Waals surface area contributed by atoms with Crippen molar-refractivity contribution in [3.63, 3.8) is 0 Å². The molecule has 0 fully saturated rings. The van der Waals surface area contributed by atoms with Crippen molar-refractivity contribution in [1.82, 2.24) is 14.8 Å². The highest BCUT2D eigenvalue weighted by atomic mass is 35.5. The van der Waals surface area contributed by atoms with Gasteiger partial charge in [0.05, 0.1) is 21.0 Å². The number of carbonyl (C=O) groups is 1. The molecule has 3 rings (SSSR count). The van der Waals surface area contributed by atoms with E-state index in [0.717, 1.165) is 5.56 Å². The van der Waals surface area contributed by atoms with Crippen LogP contribution in [0.5, 0.6) is 0 Å². The number of carbonyl (C=O) groups excluding carboxylic acids is 1. The smallest absolute Gasteiger partial charge is 0.230 e. The maximum atomic E-state index is 11.6. The summed E-state index contributed by atoms with van der Waals surface area (Å²) in [5, 5.41) is 9.51. The molecule has 3 aromatic rings. The highest BCUT2D eigenvalue weighted by Crippen LogP contribution is 2.36. The molecule has 1 atom stereocenters. The van der Waals surface area contributed by atoms with Gasteiger partial charge in [-0.25, -0.2) is 0 Å². The molecular formula is C21H22Cl2N4OS. The molecule has 0 unspecified atom stereocenters. The molecule has 0 saturated carbocycles. The van der Waals surface area contributed by atoms with Gasteiger partial charge in [0, 0.05) is 5.56 Å². The van der Waals surface area contributed by atoms with Crippen LogP contribution in [-0.2, 0) is 10.2 Å². The summed E-state index contributed by atoms with van der Waals surface area (Å²) in [6.45, 7) is 8.21. The second kappa shape index (κ2) is 8.38. The number of primary amides is 1. The van der Waals surface area contributed by atoms with Crippen molar-refractivity contribution in [2.24, 2.45) is 5.73 Å². The van der Waals surface area contributed by atoms with Crippen LogP contribution in [0.2, 0.25) is 10.0 Å². The van der Waals surface area contributed by atoms with E-state index in [1.165, 1.54) is 17.3 Å². The number of thioether (sulfide) groups is 1. The number of amides is 1. The van der Waals surface area contributed by atoms with Gasteiger partial charge in [0.1, 0.15) is 0 Å². The maximum absolute atomic E-state index is 11.6. The third-order valence-corrected chi connectivity index (χ3v) is 6.37. The number of hydrogen-bond donors (Lipinski definition) is 1. The zero-order valence-electron chi connectivity index (χ0n) is 16.6. The lowest BCUT2D eigenvalue weighted by Crippen LogP contribution is -2.23. The van der Waals surface area contributed by atoms with Crippen LogP contribution in [0.15, 0.2) is 47.6 Å². The second-order valence-electron chi connectivity index (χ2n) is 7.70. The van der Waals surface area contributed by atoms with E-state index in [-0.39, 0.29) is 5.41 Å². The van der Waals surface area contributed by atoms with E-state index in [4.69, 9.17) is 28.9 Å². The Bertz CT molecular complexity index is 1040. The summed E-state index contributed by atoms with van der Waals surface area (Å²) in [6, 6.07) is 13.5. The second-order valence-corrected chi connectivity index (χ2v) is 9.80. The molecule has 0 aliphatic carbocycles. The fourth-order valence-electron chi connectivity index (χ4n) is 2.75. The molecule has 2 aromatic carbocycles. The average Bonchev–Trinajstić information content (AvgIpc) is 3.06. The highest BCUT2D eigenvalue weighted by molar-refractivity contribution is 8.00. The van der Waals surface area contributed by atoms with Crippen LogP contribution < -0.4 is 5.73 Å². The quantitative estimate of drug-likeness (QED) is 0.522. The molecule has 0 bridgehead atoms. The molecule has 0 saturated heterocycles. The van der Waals surface area contributed by atoms with Crippen LogP contribution in [-0.4, -0.2) is 25.9 Å². The summed E-state index contributed by atoms with van der Waals surface area (Å²) < 4.78 is 1.81. The molecule has 1 heterocycles. The maximum Gasteiger partial charge on any atom is 0.230 e. The first-order chi connectivity index (χ1) is 13.6. The van der Waals surface area contributed by atoms with Crippen LogP contribution >= 0.6 is 35.0 Å². The molecule has 29 heavy (non-hydrogen) atoms. The van der Waals surface area contributed by atoms with E-state index >= 15 is 0 Å². The summed E-state index contributed by atoms with van der Waals surface area (Å²) >= 11 is 14.0. The minimum absolute atomic E-state index is 0.0421. The number of benzene rings is 2. The molecule has 152 valence electrons. The molecule has 5 nitrogen and oxygen atoms in total. The third-order valence-electron chi connectivity index (χ3n) is 4.50. The summed E-state index contributed by atoms with van der Waals surface area (Å²) in [5.74, 6) is 0.173. The molecule has 8 heteroatoms. The van der Waals surface area contributed by atoms with Gasteiger partial charge < -0.3 is 5.73 Å². The van der Waals surface area contributed by atoms with Crippen molar-refractivity contribution in [2.45, 2.75) is 43.5 Å². The summed E-state index contributed by atoms with van der Waals surface area (Å²) in [4.78, 5) is 11.6. The van der Waals surface area contributed by atoms with Crippen LogP contribution in [0.25, 0.3) is 17.1 Å². The molecule has 1 aromatic heterocycles. The van der Waals surface area contributed by atoms with E-state index in [0.29, 0.717) is 26.7 Å². The fourth-order valence-corrected chi connectivity index (χ4v) is 3.94. The van der Waals surface area contributed by atoms with Gasteiger partial charge in [-0.2, -0.15) is 0 Å². The lowest BCUT2D eigenvalue weighted by molar-refractivity contribution is -0.117. The SMILES string of the molecule is C[C@@H](Sc1nnc(-c2ccc(C(C)(C)C)cc2)n1-c1cccc(Cl)c1Cl)C(N)=O. The fraction of sp³-hybridized carbons (Fsp3) is 0.286. The van der Waals surface area contributed by atoms with Gasteiger partial charge >= 0.3 is 0 Å². The van der Waals surface area contributed by atoms with Gasteiger partial charge in [0.15, 0.2) is 11.0 Å². The van der Waals surface area contributed by atoms with Crippen molar-refractivity contribution in [3.05, 3.63) is 58.1 Å². The van der Waals surface area contributed by atoms with Crippen molar-refractivity contribution >= 4 is 40.9 Å². The van der Waals surface area contributed by atoms with E-state index in [1.807, 2.05) is 28.8 Å². The topological polar surface area (TPSA) is 73.8 Å². The Hall–Kier alpha value is -2.02. The van der Waals surface area contributed by atoms with Gasteiger partial charge in [-0.05, 0) is 30.0 Å². The standard InChI is InChI=1S/C21H22Cl2N4OS/c1-12(18(24)28)29-20-26-25-19(13-8-10-14(11-9-13)21(2,3)4)27(20)16-7-5-6-15(22)17(16)23/h5-12H,1-4H3,(H2,24,28)/t12-/m1/s1. The van der Waals surface area contributed by atoms with Crippen LogP contribution in [0.3, 0.4) is 0 Å². The first kappa shape index (κ1) is 21.7. The van der Waals surface area contributed by atoms with Gasteiger partial charge in [-0.1, -0.05) is 86.1 Å². The van der Waals surface area contributed by atoms with E-state index in [1.54, 1.807) is 13.0 Å². The van der Waals surface area contributed by atoms with Crippen molar-refractivity contribution in [1.29, 1.82) is 0 Å². The predicted molar refractivity (Wildman–Crippen MR) is 120 cm³/mol. The normalized spacial score (nSPS) is 12.8. The Labute approximate surface area is 184 Å². The van der Waals surface area contributed by atoms with Crippen LogP contribution in [0.4, 0.5) is 0 Å². The minimum atomic E-state index is -0.480. The van der Waals surface area contributed by atoms with Crippen molar-refractivity contribution in [2.75, 3.05) is 0 Å². The largest absolute Gasteiger partial charge is 0.369 e.